The summed E-state index contributed by atoms with van der Waals surface area (Å²) in [6, 6.07) is 10.8. The summed E-state index contributed by atoms with van der Waals surface area (Å²) in [5.41, 5.74) is 9.79. The van der Waals surface area contributed by atoms with Gasteiger partial charge in [0, 0.05) is 12.2 Å². The van der Waals surface area contributed by atoms with Crippen LogP contribution in [0.3, 0.4) is 0 Å². The van der Waals surface area contributed by atoms with Crippen molar-refractivity contribution < 1.29 is 8.42 Å². The van der Waals surface area contributed by atoms with E-state index >= 15 is 0 Å². The summed E-state index contributed by atoms with van der Waals surface area (Å²) >= 11 is 0. The summed E-state index contributed by atoms with van der Waals surface area (Å²) < 4.78 is 27.6. The predicted octanol–water partition coefficient (Wildman–Crippen LogP) is 2.87. The Morgan fingerprint density at radius 2 is 1.62 bits per heavy atom. The van der Waals surface area contributed by atoms with Crippen molar-refractivity contribution in [1.29, 1.82) is 0 Å². The van der Waals surface area contributed by atoms with Crippen LogP contribution in [0.2, 0.25) is 0 Å². The lowest BCUT2D eigenvalue weighted by molar-refractivity contribution is 0.600. The molecular weight excluding hydrogens is 284 g/mol. The van der Waals surface area contributed by atoms with E-state index in [4.69, 9.17) is 5.73 Å². The summed E-state index contributed by atoms with van der Waals surface area (Å²) in [7, 11) is -3.59. The zero-order chi connectivity index (χ0) is 15.6. The van der Waals surface area contributed by atoms with Gasteiger partial charge in [-0.2, -0.15) is 0 Å². The van der Waals surface area contributed by atoms with Crippen LogP contribution >= 0.6 is 0 Å². The largest absolute Gasteiger partial charge is 0.326 e. The number of nitrogens with one attached hydrogen (secondary N) is 1. The van der Waals surface area contributed by atoms with E-state index in [1.165, 1.54) is 0 Å². The molecule has 2 rings (SSSR count). The van der Waals surface area contributed by atoms with Gasteiger partial charge in [-0.1, -0.05) is 18.2 Å². The maximum Gasteiger partial charge on any atom is 0.262 e. The highest BCUT2D eigenvalue weighted by Gasteiger charge is 2.17. The lowest BCUT2D eigenvalue weighted by atomic mass is 10.1. The number of nitrogens with two attached hydrogens (primary N) is 1. The maximum atomic E-state index is 12.5. The number of sulfonamides is 1. The van der Waals surface area contributed by atoms with Gasteiger partial charge in [-0.05, 0) is 61.2 Å². The Morgan fingerprint density at radius 3 is 2.14 bits per heavy atom. The molecule has 3 N–H and O–H groups in total. The highest BCUT2D eigenvalue weighted by Crippen LogP contribution is 2.22. The van der Waals surface area contributed by atoms with Gasteiger partial charge < -0.3 is 5.73 Å². The topological polar surface area (TPSA) is 72.2 Å². The standard InChI is InChI=1S/C16H20N2O2S/c1-11-6-12(2)8-15(7-11)18-21(19,20)16-5-4-14(10-17)9-13(16)3/h4-9,18H,10,17H2,1-3H3. The minimum absolute atomic E-state index is 0.277. The summed E-state index contributed by atoms with van der Waals surface area (Å²) in [4.78, 5) is 0.277. The monoisotopic (exact) mass is 304 g/mol. The first kappa shape index (κ1) is 15.5. The van der Waals surface area contributed by atoms with Crippen molar-refractivity contribution in [3.8, 4) is 0 Å². The van der Waals surface area contributed by atoms with E-state index in [1.54, 1.807) is 25.1 Å². The first-order valence-electron chi connectivity index (χ1n) is 6.72. The molecule has 0 saturated heterocycles. The van der Waals surface area contributed by atoms with E-state index in [0.717, 1.165) is 16.7 Å². The number of rotatable bonds is 4. The number of anilines is 1. The molecule has 21 heavy (non-hydrogen) atoms. The molecule has 0 saturated carbocycles. The van der Waals surface area contributed by atoms with Gasteiger partial charge in [-0.25, -0.2) is 8.42 Å². The first-order chi connectivity index (χ1) is 9.81. The van der Waals surface area contributed by atoms with Gasteiger partial charge in [-0.15, -0.1) is 0 Å². The molecule has 4 nitrogen and oxygen atoms in total. The van der Waals surface area contributed by atoms with Crippen LogP contribution in [0, 0.1) is 20.8 Å². The molecule has 0 heterocycles. The van der Waals surface area contributed by atoms with Crippen LogP contribution in [0.25, 0.3) is 0 Å². The molecule has 0 fully saturated rings. The summed E-state index contributed by atoms with van der Waals surface area (Å²) in [6.45, 7) is 6.04. The number of hydrogen-bond donors (Lipinski definition) is 2. The molecular formula is C16H20N2O2S. The summed E-state index contributed by atoms with van der Waals surface area (Å²) in [5, 5.41) is 0. The first-order valence-corrected chi connectivity index (χ1v) is 8.21. The Labute approximate surface area is 126 Å². The normalized spacial score (nSPS) is 11.4. The smallest absolute Gasteiger partial charge is 0.262 e. The molecule has 112 valence electrons. The summed E-state index contributed by atoms with van der Waals surface area (Å²) in [6.07, 6.45) is 0. The van der Waals surface area contributed by atoms with Crippen molar-refractivity contribution >= 4 is 15.7 Å². The molecule has 0 amide bonds. The molecule has 0 aliphatic carbocycles. The molecule has 0 atom stereocenters. The van der Waals surface area contributed by atoms with Crippen LogP contribution in [0.4, 0.5) is 5.69 Å². The quantitative estimate of drug-likeness (QED) is 0.912. The average Bonchev–Trinajstić information content (AvgIpc) is 2.36. The van der Waals surface area contributed by atoms with E-state index in [2.05, 4.69) is 4.72 Å². The fourth-order valence-electron chi connectivity index (χ4n) is 2.38. The zero-order valence-electron chi connectivity index (χ0n) is 12.5. The van der Waals surface area contributed by atoms with Crippen LogP contribution in [-0.2, 0) is 16.6 Å². The van der Waals surface area contributed by atoms with E-state index in [0.29, 0.717) is 17.8 Å². The highest BCUT2D eigenvalue weighted by molar-refractivity contribution is 7.92. The minimum atomic E-state index is -3.59. The second-order valence-electron chi connectivity index (χ2n) is 5.29. The molecule has 5 heteroatoms. The fourth-order valence-corrected chi connectivity index (χ4v) is 3.65. The third kappa shape index (κ3) is 3.62. The van der Waals surface area contributed by atoms with Crippen LogP contribution in [0.5, 0.6) is 0 Å². The van der Waals surface area contributed by atoms with Crippen LogP contribution < -0.4 is 10.5 Å². The van der Waals surface area contributed by atoms with Crippen molar-refractivity contribution in [2.75, 3.05) is 4.72 Å². The zero-order valence-corrected chi connectivity index (χ0v) is 13.3. The Balaban J connectivity index is 2.38. The third-order valence-electron chi connectivity index (χ3n) is 3.24. The van der Waals surface area contributed by atoms with Gasteiger partial charge in [0.25, 0.3) is 10.0 Å². The molecule has 0 unspecified atom stereocenters. The Kier molecular flexibility index (Phi) is 4.34. The van der Waals surface area contributed by atoms with E-state index in [1.807, 2.05) is 32.0 Å². The second-order valence-corrected chi connectivity index (χ2v) is 6.94. The Morgan fingerprint density at radius 1 is 1.00 bits per heavy atom. The number of hydrogen-bond acceptors (Lipinski definition) is 3. The van der Waals surface area contributed by atoms with Gasteiger partial charge in [0.15, 0.2) is 0 Å². The van der Waals surface area contributed by atoms with Gasteiger partial charge >= 0.3 is 0 Å². The van der Waals surface area contributed by atoms with E-state index in [-0.39, 0.29) is 4.90 Å². The van der Waals surface area contributed by atoms with Gasteiger partial charge in [0.05, 0.1) is 4.90 Å². The van der Waals surface area contributed by atoms with Gasteiger partial charge in [0.2, 0.25) is 0 Å². The molecule has 0 spiro atoms. The second kappa shape index (κ2) is 5.87. The minimum Gasteiger partial charge on any atom is -0.326 e. The van der Waals surface area contributed by atoms with E-state index in [9.17, 15) is 8.42 Å². The van der Waals surface area contributed by atoms with Gasteiger partial charge in [0.1, 0.15) is 0 Å². The van der Waals surface area contributed by atoms with Crippen LogP contribution in [-0.4, -0.2) is 8.42 Å². The average molecular weight is 304 g/mol. The predicted molar refractivity (Wildman–Crippen MR) is 85.8 cm³/mol. The van der Waals surface area contributed by atoms with Crippen LogP contribution in [0.1, 0.15) is 22.3 Å². The van der Waals surface area contributed by atoms with Crippen molar-refractivity contribution in [2.45, 2.75) is 32.2 Å². The van der Waals surface area contributed by atoms with Crippen LogP contribution in [0.15, 0.2) is 41.3 Å². The molecule has 0 bridgehead atoms. The molecule has 0 aliphatic heterocycles. The molecule has 0 radical (unpaired) electrons. The fraction of sp³-hybridized carbons (Fsp3) is 0.250. The number of aryl methyl sites for hydroxylation is 3. The molecule has 2 aromatic rings. The van der Waals surface area contributed by atoms with Gasteiger partial charge in [-0.3, -0.25) is 4.72 Å². The van der Waals surface area contributed by atoms with E-state index < -0.39 is 10.0 Å². The lowest BCUT2D eigenvalue weighted by Crippen LogP contribution is -2.15. The maximum absolute atomic E-state index is 12.5. The van der Waals surface area contributed by atoms with Crippen molar-refractivity contribution in [2.24, 2.45) is 5.73 Å². The molecule has 2 aromatic carbocycles. The molecule has 0 aliphatic rings. The molecule has 0 aromatic heterocycles. The highest BCUT2D eigenvalue weighted by atomic mass is 32.2. The van der Waals surface area contributed by atoms with Crippen molar-refractivity contribution in [3.05, 3.63) is 58.7 Å². The Bertz CT molecular complexity index is 748. The number of benzene rings is 2. The Hall–Kier alpha value is -1.85. The SMILES string of the molecule is Cc1cc(C)cc(NS(=O)(=O)c2ccc(CN)cc2C)c1. The third-order valence-corrected chi connectivity index (χ3v) is 4.78. The van der Waals surface area contributed by atoms with Crippen molar-refractivity contribution in [3.63, 3.8) is 0 Å². The lowest BCUT2D eigenvalue weighted by Gasteiger charge is -2.12. The van der Waals surface area contributed by atoms with Crippen molar-refractivity contribution in [1.82, 2.24) is 0 Å². The summed E-state index contributed by atoms with van der Waals surface area (Å²) in [5.74, 6) is 0.